The summed E-state index contributed by atoms with van der Waals surface area (Å²) in [4.78, 5) is 32.2. The van der Waals surface area contributed by atoms with E-state index in [0.717, 1.165) is 5.56 Å². The van der Waals surface area contributed by atoms with Gasteiger partial charge in [0.15, 0.2) is 5.16 Å². The molecule has 1 aromatic heterocycles. The third kappa shape index (κ3) is 5.34. The van der Waals surface area contributed by atoms with Crippen LogP contribution in [0.1, 0.15) is 21.5 Å². The van der Waals surface area contributed by atoms with Crippen molar-refractivity contribution in [2.75, 3.05) is 12.4 Å². The smallest absolute Gasteiger partial charge is 0.270 e. The molecular weight excluding hydrogens is 448 g/mol. The summed E-state index contributed by atoms with van der Waals surface area (Å²) in [6.07, 6.45) is 0. The molecule has 0 aliphatic rings. The Balaban J connectivity index is 1.53. The topological polar surface area (TPSA) is 108 Å². The molecule has 34 heavy (non-hydrogen) atoms. The quantitative estimate of drug-likeness (QED) is 0.296. The van der Waals surface area contributed by atoms with E-state index in [1.54, 1.807) is 43.5 Å². The van der Waals surface area contributed by atoms with Gasteiger partial charge in [-0.3, -0.25) is 9.59 Å². The maximum absolute atomic E-state index is 12.5. The number of carbonyl (C=O) groups is 1. The van der Waals surface area contributed by atoms with Crippen molar-refractivity contribution in [3.8, 4) is 23.1 Å². The predicted octanol–water partition coefficient (Wildman–Crippen LogP) is 4.86. The number of nitrogens with one attached hydrogen (secondary N) is 2. The Labute approximate surface area is 200 Å². The zero-order valence-electron chi connectivity index (χ0n) is 18.2. The minimum absolute atomic E-state index is 0.0526. The lowest BCUT2D eigenvalue weighted by Crippen LogP contribution is -2.14. The highest BCUT2D eigenvalue weighted by molar-refractivity contribution is 7.98. The third-order valence-corrected chi connectivity index (χ3v) is 5.89. The van der Waals surface area contributed by atoms with E-state index in [1.165, 1.54) is 11.8 Å². The van der Waals surface area contributed by atoms with Crippen molar-refractivity contribution in [3.05, 3.63) is 106 Å². The fraction of sp³-hybridized carbons (Fsp3) is 0.0769. The first-order chi connectivity index (χ1) is 16.6. The van der Waals surface area contributed by atoms with Gasteiger partial charge in [0.05, 0.1) is 12.8 Å². The molecule has 0 bridgehead atoms. The molecule has 0 spiro atoms. The summed E-state index contributed by atoms with van der Waals surface area (Å²) in [5, 5.41) is 12.8. The molecule has 0 saturated heterocycles. The van der Waals surface area contributed by atoms with Gasteiger partial charge in [0, 0.05) is 22.6 Å². The molecule has 8 heteroatoms. The number of amides is 1. The lowest BCUT2D eigenvalue weighted by atomic mass is 10.1. The van der Waals surface area contributed by atoms with E-state index in [2.05, 4.69) is 15.3 Å². The van der Waals surface area contributed by atoms with Crippen molar-refractivity contribution in [1.29, 1.82) is 5.26 Å². The van der Waals surface area contributed by atoms with E-state index in [9.17, 15) is 14.9 Å². The first-order valence-electron chi connectivity index (χ1n) is 10.3. The van der Waals surface area contributed by atoms with Crippen LogP contribution in [0, 0.1) is 11.3 Å². The molecule has 1 heterocycles. The van der Waals surface area contributed by atoms with Crippen molar-refractivity contribution in [2.45, 2.75) is 10.9 Å². The predicted molar refractivity (Wildman–Crippen MR) is 132 cm³/mol. The number of aromatic amines is 1. The number of H-pyrrole nitrogens is 1. The second-order valence-electron chi connectivity index (χ2n) is 7.25. The van der Waals surface area contributed by atoms with E-state index >= 15 is 0 Å². The van der Waals surface area contributed by atoms with Crippen LogP contribution in [0.3, 0.4) is 0 Å². The zero-order valence-corrected chi connectivity index (χ0v) is 19.1. The number of methoxy groups -OCH3 is 1. The molecule has 0 radical (unpaired) electrons. The summed E-state index contributed by atoms with van der Waals surface area (Å²) in [6, 6.07) is 25.5. The summed E-state index contributed by atoms with van der Waals surface area (Å²) in [5.41, 5.74) is 2.55. The molecule has 7 nitrogen and oxygen atoms in total. The number of hydrogen-bond donors (Lipinski definition) is 2. The Hall–Kier alpha value is -4.35. The lowest BCUT2D eigenvalue weighted by Gasteiger charge is -2.09. The highest BCUT2D eigenvalue weighted by Gasteiger charge is 2.14. The molecule has 2 N–H and O–H groups in total. The maximum Gasteiger partial charge on any atom is 0.270 e. The van der Waals surface area contributed by atoms with E-state index in [1.807, 2.05) is 48.5 Å². The fourth-order valence-electron chi connectivity index (χ4n) is 3.29. The van der Waals surface area contributed by atoms with Crippen LogP contribution in [0.25, 0.3) is 11.3 Å². The largest absolute Gasteiger partial charge is 0.497 e. The van der Waals surface area contributed by atoms with Gasteiger partial charge in [-0.25, -0.2) is 4.98 Å². The van der Waals surface area contributed by atoms with Gasteiger partial charge in [0.25, 0.3) is 11.5 Å². The first kappa shape index (κ1) is 22.8. The van der Waals surface area contributed by atoms with Gasteiger partial charge in [-0.15, -0.1) is 0 Å². The molecule has 0 atom stereocenters. The van der Waals surface area contributed by atoms with Gasteiger partial charge in [-0.2, -0.15) is 5.26 Å². The number of benzene rings is 3. The van der Waals surface area contributed by atoms with Crippen LogP contribution in [0.5, 0.6) is 5.75 Å². The Morgan fingerprint density at radius 1 is 1.09 bits per heavy atom. The highest BCUT2D eigenvalue weighted by Crippen LogP contribution is 2.27. The summed E-state index contributed by atoms with van der Waals surface area (Å²) >= 11 is 1.33. The Bertz CT molecular complexity index is 1430. The Kier molecular flexibility index (Phi) is 7.06. The SMILES string of the molecule is COc1cccc(-c2nc(SCc3cccc(NC(=O)c4ccccc4)c3)[nH]c(=O)c2C#N)c1. The standard InChI is InChI=1S/C26H20N4O3S/c1-33-21-12-6-10-19(14-21)23-22(15-27)25(32)30-26(29-23)34-16-17-7-5-11-20(13-17)28-24(31)18-8-3-2-4-9-18/h2-14H,16H2,1H3,(H,28,31)(H,29,30,32). The van der Waals surface area contributed by atoms with Crippen LogP contribution < -0.4 is 15.6 Å². The molecule has 0 saturated carbocycles. The van der Waals surface area contributed by atoms with E-state index < -0.39 is 5.56 Å². The van der Waals surface area contributed by atoms with Crippen molar-refractivity contribution in [2.24, 2.45) is 0 Å². The second kappa shape index (κ2) is 10.5. The summed E-state index contributed by atoms with van der Waals surface area (Å²) < 4.78 is 5.25. The van der Waals surface area contributed by atoms with Crippen molar-refractivity contribution >= 4 is 23.4 Å². The number of nitrogens with zero attached hydrogens (tertiary/aromatic N) is 2. The second-order valence-corrected chi connectivity index (χ2v) is 8.21. The summed E-state index contributed by atoms with van der Waals surface area (Å²) in [7, 11) is 1.55. The molecule has 3 aromatic carbocycles. The van der Waals surface area contributed by atoms with Crippen LogP contribution in [-0.4, -0.2) is 23.0 Å². The maximum atomic E-state index is 12.5. The molecule has 0 aliphatic carbocycles. The van der Waals surface area contributed by atoms with Crippen LogP contribution in [0.4, 0.5) is 5.69 Å². The van der Waals surface area contributed by atoms with Crippen LogP contribution in [0.15, 0.2) is 88.8 Å². The molecule has 1 amide bonds. The number of anilines is 1. The Morgan fingerprint density at radius 2 is 1.88 bits per heavy atom. The molecular formula is C26H20N4O3S. The molecule has 4 rings (SSSR count). The van der Waals surface area contributed by atoms with Gasteiger partial charge in [-0.05, 0) is 42.0 Å². The number of rotatable bonds is 7. The number of ether oxygens (including phenoxy) is 1. The Morgan fingerprint density at radius 3 is 2.65 bits per heavy atom. The van der Waals surface area contributed by atoms with Crippen molar-refractivity contribution in [3.63, 3.8) is 0 Å². The van der Waals surface area contributed by atoms with Gasteiger partial charge in [0.1, 0.15) is 17.4 Å². The molecule has 4 aromatic rings. The molecule has 0 unspecified atom stereocenters. The average Bonchev–Trinajstić information content (AvgIpc) is 2.88. The van der Waals surface area contributed by atoms with Gasteiger partial charge < -0.3 is 15.0 Å². The fourth-order valence-corrected chi connectivity index (χ4v) is 4.09. The van der Waals surface area contributed by atoms with Crippen LogP contribution in [0.2, 0.25) is 0 Å². The van der Waals surface area contributed by atoms with E-state index in [4.69, 9.17) is 4.74 Å². The monoisotopic (exact) mass is 468 g/mol. The molecule has 168 valence electrons. The van der Waals surface area contributed by atoms with Crippen molar-refractivity contribution < 1.29 is 9.53 Å². The first-order valence-corrected chi connectivity index (χ1v) is 11.3. The lowest BCUT2D eigenvalue weighted by molar-refractivity contribution is 0.102. The highest BCUT2D eigenvalue weighted by atomic mass is 32.2. The minimum Gasteiger partial charge on any atom is -0.497 e. The minimum atomic E-state index is -0.498. The summed E-state index contributed by atoms with van der Waals surface area (Å²) in [5.74, 6) is 0.917. The molecule has 0 fully saturated rings. The van der Waals surface area contributed by atoms with E-state index in [0.29, 0.717) is 39.2 Å². The average molecular weight is 469 g/mol. The third-order valence-electron chi connectivity index (χ3n) is 4.95. The number of hydrogen-bond acceptors (Lipinski definition) is 6. The summed E-state index contributed by atoms with van der Waals surface area (Å²) in [6.45, 7) is 0. The normalized spacial score (nSPS) is 10.4. The van der Waals surface area contributed by atoms with Gasteiger partial charge >= 0.3 is 0 Å². The van der Waals surface area contributed by atoms with Gasteiger partial charge in [-0.1, -0.05) is 54.2 Å². The van der Waals surface area contributed by atoms with Crippen LogP contribution in [-0.2, 0) is 5.75 Å². The number of thioether (sulfide) groups is 1. The van der Waals surface area contributed by atoms with Gasteiger partial charge in [0.2, 0.25) is 0 Å². The van der Waals surface area contributed by atoms with Crippen molar-refractivity contribution in [1.82, 2.24) is 9.97 Å². The zero-order chi connectivity index (χ0) is 23.9. The number of nitriles is 1. The number of aromatic nitrogens is 2. The van der Waals surface area contributed by atoms with Crippen LogP contribution >= 0.6 is 11.8 Å². The number of carbonyl (C=O) groups excluding carboxylic acids is 1. The van der Waals surface area contributed by atoms with E-state index in [-0.39, 0.29) is 11.5 Å². The molecule has 0 aliphatic heterocycles.